The molecule has 1 saturated heterocycles. The van der Waals surface area contributed by atoms with Gasteiger partial charge in [0, 0.05) is 48.9 Å². The molecule has 0 aliphatic carbocycles. The Hall–Kier alpha value is -2.80. The maximum Gasteiger partial charge on any atom is 0.269 e. The van der Waals surface area contributed by atoms with Gasteiger partial charge >= 0.3 is 0 Å². The number of rotatable bonds is 8. The van der Waals surface area contributed by atoms with E-state index in [9.17, 15) is 14.9 Å². The third-order valence-electron chi connectivity index (χ3n) is 4.67. The van der Waals surface area contributed by atoms with Crippen molar-refractivity contribution in [3.63, 3.8) is 0 Å². The minimum Gasteiger partial charge on any atom is -0.385 e. The van der Waals surface area contributed by atoms with Crippen LogP contribution in [-0.4, -0.2) is 30.5 Å². The third kappa shape index (κ3) is 5.36. The summed E-state index contributed by atoms with van der Waals surface area (Å²) in [5, 5.41) is 17.4. The summed E-state index contributed by atoms with van der Waals surface area (Å²) >= 11 is 6.11. The molecule has 0 aromatic heterocycles. The molecule has 0 saturated carbocycles. The van der Waals surface area contributed by atoms with Crippen molar-refractivity contribution in [1.29, 1.82) is 0 Å². The van der Waals surface area contributed by atoms with Gasteiger partial charge in [0.25, 0.3) is 5.69 Å². The van der Waals surface area contributed by atoms with Gasteiger partial charge in [-0.2, -0.15) is 0 Å². The van der Waals surface area contributed by atoms with Crippen molar-refractivity contribution in [2.24, 2.45) is 0 Å². The number of amides is 1. The van der Waals surface area contributed by atoms with Crippen LogP contribution in [0.3, 0.4) is 0 Å². The van der Waals surface area contributed by atoms with Crippen LogP contribution >= 0.6 is 11.6 Å². The average molecular weight is 403 g/mol. The molecule has 0 atom stereocenters. The molecular weight excluding hydrogens is 380 g/mol. The lowest BCUT2D eigenvalue weighted by Gasteiger charge is -2.22. The molecule has 3 rings (SSSR count). The number of hydrogen-bond acceptors (Lipinski definition) is 5. The van der Waals surface area contributed by atoms with Gasteiger partial charge in [-0.1, -0.05) is 11.6 Å². The second-order valence-corrected chi connectivity index (χ2v) is 7.17. The monoisotopic (exact) mass is 402 g/mol. The lowest BCUT2D eigenvalue weighted by molar-refractivity contribution is -0.384. The lowest BCUT2D eigenvalue weighted by atomic mass is 10.2. The van der Waals surface area contributed by atoms with E-state index < -0.39 is 4.92 Å². The highest BCUT2D eigenvalue weighted by Crippen LogP contribution is 2.31. The normalized spacial score (nSPS) is 13.4. The summed E-state index contributed by atoms with van der Waals surface area (Å²) in [7, 11) is 0. The van der Waals surface area contributed by atoms with Crippen LogP contribution in [0.4, 0.5) is 22.7 Å². The molecule has 7 nitrogen and oxygen atoms in total. The fraction of sp³-hybridized carbons (Fsp3) is 0.350. The maximum absolute atomic E-state index is 12.3. The van der Waals surface area contributed by atoms with Gasteiger partial charge in [0.15, 0.2) is 0 Å². The van der Waals surface area contributed by atoms with E-state index in [1.165, 1.54) is 12.1 Å². The zero-order valence-corrected chi connectivity index (χ0v) is 16.2. The number of halogens is 1. The first kappa shape index (κ1) is 19.9. The van der Waals surface area contributed by atoms with E-state index in [-0.39, 0.29) is 11.6 Å². The Kier molecular flexibility index (Phi) is 6.71. The van der Waals surface area contributed by atoms with Gasteiger partial charge in [0.2, 0.25) is 5.91 Å². The molecule has 1 aliphatic heterocycles. The fourth-order valence-electron chi connectivity index (χ4n) is 3.24. The quantitative estimate of drug-likeness (QED) is 0.380. The predicted octanol–water partition coefficient (Wildman–Crippen LogP) is 4.68. The van der Waals surface area contributed by atoms with Gasteiger partial charge in [-0.3, -0.25) is 14.9 Å². The smallest absolute Gasteiger partial charge is 0.269 e. The van der Waals surface area contributed by atoms with Crippen LogP contribution in [0.1, 0.15) is 25.7 Å². The number of carbonyl (C=O) groups excluding carboxylic acids is 1. The number of nitrogens with one attached hydrogen (secondary N) is 2. The Labute approximate surface area is 168 Å². The third-order valence-corrected chi connectivity index (χ3v) is 4.90. The van der Waals surface area contributed by atoms with Crippen molar-refractivity contribution in [3.05, 3.63) is 57.6 Å². The molecule has 2 aromatic rings. The van der Waals surface area contributed by atoms with Crippen molar-refractivity contribution in [3.8, 4) is 0 Å². The SMILES string of the molecule is O=C(CCCNc1ccc([N+](=O)[O-])cc1)Nc1cc(Cl)ccc1N1CCCC1. The Bertz CT molecular complexity index is 836. The van der Waals surface area contributed by atoms with Crippen molar-refractivity contribution in [1.82, 2.24) is 0 Å². The van der Waals surface area contributed by atoms with E-state index >= 15 is 0 Å². The van der Waals surface area contributed by atoms with Gasteiger partial charge in [-0.15, -0.1) is 0 Å². The van der Waals surface area contributed by atoms with Crippen molar-refractivity contribution in [2.75, 3.05) is 35.2 Å². The molecule has 1 amide bonds. The molecule has 8 heteroatoms. The summed E-state index contributed by atoms with van der Waals surface area (Å²) in [6.45, 7) is 2.58. The molecule has 1 aliphatic rings. The number of anilines is 3. The van der Waals surface area contributed by atoms with Gasteiger partial charge in [-0.25, -0.2) is 0 Å². The molecule has 0 spiro atoms. The highest BCUT2D eigenvalue weighted by Gasteiger charge is 2.17. The number of non-ortho nitro benzene ring substituents is 1. The molecule has 28 heavy (non-hydrogen) atoms. The minimum absolute atomic E-state index is 0.0558. The second kappa shape index (κ2) is 9.41. The largest absolute Gasteiger partial charge is 0.385 e. The van der Waals surface area contributed by atoms with Gasteiger partial charge in [0.1, 0.15) is 0 Å². The summed E-state index contributed by atoms with van der Waals surface area (Å²) in [4.78, 5) is 24.8. The summed E-state index contributed by atoms with van der Waals surface area (Å²) in [6, 6.07) is 11.8. The number of nitro benzene ring substituents is 1. The van der Waals surface area contributed by atoms with Crippen LogP contribution in [0.15, 0.2) is 42.5 Å². The highest BCUT2D eigenvalue weighted by atomic mass is 35.5. The second-order valence-electron chi connectivity index (χ2n) is 6.74. The number of benzene rings is 2. The van der Waals surface area contributed by atoms with Crippen LogP contribution in [0.2, 0.25) is 5.02 Å². The first-order valence-electron chi connectivity index (χ1n) is 9.35. The number of hydrogen-bond donors (Lipinski definition) is 2. The average Bonchev–Trinajstić information content (AvgIpc) is 3.20. The van der Waals surface area contributed by atoms with Crippen LogP contribution in [0, 0.1) is 10.1 Å². The van der Waals surface area contributed by atoms with Crippen molar-refractivity contribution >= 4 is 40.3 Å². The van der Waals surface area contributed by atoms with Crippen LogP contribution in [0.25, 0.3) is 0 Å². The fourth-order valence-corrected chi connectivity index (χ4v) is 3.41. The van der Waals surface area contributed by atoms with Crippen molar-refractivity contribution < 1.29 is 9.72 Å². The van der Waals surface area contributed by atoms with E-state index in [4.69, 9.17) is 11.6 Å². The van der Waals surface area contributed by atoms with E-state index in [0.29, 0.717) is 24.4 Å². The van der Waals surface area contributed by atoms with Gasteiger partial charge < -0.3 is 15.5 Å². The minimum atomic E-state index is -0.430. The molecule has 0 bridgehead atoms. The number of nitrogens with zero attached hydrogens (tertiary/aromatic N) is 2. The first-order valence-corrected chi connectivity index (χ1v) is 9.73. The summed E-state index contributed by atoms with van der Waals surface area (Å²) in [5.41, 5.74) is 2.61. The van der Waals surface area contributed by atoms with Gasteiger partial charge in [-0.05, 0) is 49.6 Å². The summed E-state index contributed by atoms with van der Waals surface area (Å²) < 4.78 is 0. The predicted molar refractivity (Wildman–Crippen MR) is 112 cm³/mol. The Balaban J connectivity index is 1.48. The van der Waals surface area contributed by atoms with Gasteiger partial charge in [0.05, 0.1) is 16.3 Å². The number of nitro groups is 1. The Morgan fingerprint density at radius 3 is 2.54 bits per heavy atom. The highest BCUT2D eigenvalue weighted by molar-refractivity contribution is 6.31. The Morgan fingerprint density at radius 2 is 1.86 bits per heavy atom. The molecule has 1 fully saturated rings. The zero-order valence-electron chi connectivity index (χ0n) is 15.5. The zero-order chi connectivity index (χ0) is 19.9. The molecular formula is C20H23ClN4O3. The lowest BCUT2D eigenvalue weighted by Crippen LogP contribution is -2.21. The standard InChI is InChI=1S/C20H23ClN4O3/c21-15-5-10-19(24-12-1-2-13-24)18(14-15)23-20(26)4-3-11-22-16-6-8-17(9-7-16)25(27)28/h5-10,14,22H,1-4,11-13H2,(H,23,26). The number of carbonyl (C=O) groups is 1. The van der Waals surface area contributed by atoms with Crippen molar-refractivity contribution in [2.45, 2.75) is 25.7 Å². The van der Waals surface area contributed by atoms with Crippen LogP contribution in [-0.2, 0) is 4.79 Å². The molecule has 148 valence electrons. The van der Waals surface area contributed by atoms with Crippen LogP contribution in [0.5, 0.6) is 0 Å². The molecule has 0 unspecified atom stereocenters. The molecule has 0 radical (unpaired) electrons. The molecule has 1 heterocycles. The van der Waals surface area contributed by atoms with E-state index in [2.05, 4.69) is 15.5 Å². The van der Waals surface area contributed by atoms with E-state index in [1.54, 1.807) is 18.2 Å². The molecule has 2 aromatic carbocycles. The first-order chi connectivity index (χ1) is 13.5. The Morgan fingerprint density at radius 1 is 1.14 bits per heavy atom. The maximum atomic E-state index is 12.3. The van der Waals surface area contributed by atoms with E-state index in [0.717, 1.165) is 43.0 Å². The summed E-state index contributed by atoms with van der Waals surface area (Å²) in [6.07, 6.45) is 3.32. The van der Waals surface area contributed by atoms with Crippen LogP contribution < -0.4 is 15.5 Å². The van der Waals surface area contributed by atoms with E-state index in [1.807, 2.05) is 12.1 Å². The summed E-state index contributed by atoms with van der Waals surface area (Å²) in [5.74, 6) is -0.0618. The topological polar surface area (TPSA) is 87.5 Å². The molecule has 2 N–H and O–H groups in total.